The van der Waals surface area contributed by atoms with Crippen LogP contribution in [-0.2, 0) is 16.1 Å². The summed E-state index contributed by atoms with van der Waals surface area (Å²) in [5.41, 5.74) is 0. The summed E-state index contributed by atoms with van der Waals surface area (Å²) in [6.07, 6.45) is 3.53. The summed E-state index contributed by atoms with van der Waals surface area (Å²) < 4.78 is 1.73. The lowest BCUT2D eigenvalue weighted by Gasteiger charge is -2.25. The second-order valence-electron chi connectivity index (χ2n) is 5.92. The van der Waals surface area contributed by atoms with Gasteiger partial charge in [-0.15, -0.1) is 11.3 Å². The molecule has 2 N–H and O–H groups in total. The number of carbonyl (C=O) groups excluding carboxylic acids is 1. The third-order valence-electron chi connectivity index (χ3n) is 4.07. The molecule has 3 rings (SSSR count). The highest BCUT2D eigenvalue weighted by Crippen LogP contribution is 2.28. The first-order chi connectivity index (χ1) is 11.5. The van der Waals surface area contributed by atoms with Crippen molar-refractivity contribution in [1.82, 2.24) is 14.7 Å². The van der Waals surface area contributed by atoms with Gasteiger partial charge in [0.15, 0.2) is 0 Å². The van der Waals surface area contributed by atoms with Gasteiger partial charge in [-0.25, -0.2) is 4.68 Å². The predicted octanol–water partition coefficient (Wildman–Crippen LogP) is 1.87. The first kappa shape index (κ1) is 16.7. The first-order valence-electron chi connectivity index (χ1n) is 7.87. The van der Waals surface area contributed by atoms with Crippen molar-refractivity contribution >= 4 is 29.0 Å². The molecule has 2 heterocycles. The number of nitrogens with one attached hydrogen (secondary N) is 1. The lowest BCUT2D eigenvalue weighted by molar-refractivity contribution is -0.143. The van der Waals surface area contributed by atoms with Gasteiger partial charge in [-0.1, -0.05) is 6.07 Å². The van der Waals surface area contributed by atoms with E-state index in [0.29, 0.717) is 12.4 Å². The SMILES string of the molecule is CC(C(=O)O)N(CC(=O)Nc1ccnn1Cc1cccs1)C1CC1. The molecule has 1 aliphatic carbocycles. The average molecular weight is 348 g/mol. The summed E-state index contributed by atoms with van der Waals surface area (Å²) in [5, 5.41) is 18.3. The molecule has 2 aromatic rings. The van der Waals surface area contributed by atoms with Gasteiger partial charge in [-0.3, -0.25) is 14.5 Å². The molecule has 1 atom stereocenters. The molecule has 1 saturated carbocycles. The molecule has 0 aromatic carbocycles. The number of carboxylic acids is 1. The monoisotopic (exact) mass is 348 g/mol. The Morgan fingerprint density at radius 2 is 2.29 bits per heavy atom. The molecule has 0 radical (unpaired) electrons. The molecular formula is C16H20N4O3S. The number of anilines is 1. The van der Waals surface area contributed by atoms with Gasteiger partial charge in [0.25, 0.3) is 0 Å². The van der Waals surface area contributed by atoms with Crippen LogP contribution in [0.5, 0.6) is 0 Å². The maximum Gasteiger partial charge on any atom is 0.320 e. The lowest BCUT2D eigenvalue weighted by Crippen LogP contribution is -2.45. The van der Waals surface area contributed by atoms with E-state index in [0.717, 1.165) is 17.7 Å². The fourth-order valence-electron chi connectivity index (χ4n) is 2.59. The summed E-state index contributed by atoms with van der Waals surface area (Å²) in [4.78, 5) is 26.5. The number of rotatable bonds is 8. The van der Waals surface area contributed by atoms with Crippen LogP contribution in [0.3, 0.4) is 0 Å². The van der Waals surface area contributed by atoms with Crippen molar-refractivity contribution in [2.75, 3.05) is 11.9 Å². The van der Waals surface area contributed by atoms with E-state index >= 15 is 0 Å². The standard InChI is InChI=1S/C16H20N4O3S/c1-11(16(22)23)19(12-4-5-12)10-15(21)18-14-6-7-17-20(14)9-13-3-2-8-24-13/h2-3,6-8,11-12H,4-5,9-10H2,1H3,(H,18,21)(H,22,23). The third-order valence-corrected chi connectivity index (χ3v) is 4.93. The van der Waals surface area contributed by atoms with Crippen LogP contribution < -0.4 is 5.32 Å². The molecular weight excluding hydrogens is 328 g/mol. The molecule has 8 heteroatoms. The second kappa shape index (κ2) is 7.14. The topological polar surface area (TPSA) is 87.5 Å². The van der Waals surface area contributed by atoms with Gasteiger partial charge in [0.2, 0.25) is 5.91 Å². The van der Waals surface area contributed by atoms with E-state index in [1.165, 1.54) is 0 Å². The molecule has 7 nitrogen and oxygen atoms in total. The Bertz CT molecular complexity index is 709. The molecule has 128 valence electrons. The van der Waals surface area contributed by atoms with Crippen LogP contribution in [0.25, 0.3) is 0 Å². The molecule has 2 aromatic heterocycles. The van der Waals surface area contributed by atoms with Crippen LogP contribution in [0.2, 0.25) is 0 Å². The van der Waals surface area contributed by atoms with Crippen molar-refractivity contribution in [2.24, 2.45) is 0 Å². The van der Waals surface area contributed by atoms with Crippen molar-refractivity contribution in [1.29, 1.82) is 0 Å². The highest BCUT2D eigenvalue weighted by molar-refractivity contribution is 7.09. The van der Waals surface area contributed by atoms with Crippen molar-refractivity contribution < 1.29 is 14.7 Å². The molecule has 1 amide bonds. The second-order valence-corrected chi connectivity index (χ2v) is 6.95. The summed E-state index contributed by atoms with van der Waals surface area (Å²) >= 11 is 1.63. The van der Waals surface area contributed by atoms with Gasteiger partial charge in [0.05, 0.1) is 19.3 Å². The van der Waals surface area contributed by atoms with Gasteiger partial charge in [-0.2, -0.15) is 5.10 Å². The molecule has 1 fully saturated rings. The molecule has 0 bridgehead atoms. The zero-order chi connectivity index (χ0) is 17.1. The van der Waals surface area contributed by atoms with Gasteiger partial charge >= 0.3 is 5.97 Å². The van der Waals surface area contributed by atoms with E-state index in [2.05, 4.69) is 10.4 Å². The minimum absolute atomic E-state index is 0.0717. The number of amides is 1. The molecule has 1 aliphatic rings. The van der Waals surface area contributed by atoms with Crippen molar-refractivity contribution in [3.63, 3.8) is 0 Å². The maximum atomic E-state index is 12.4. The van der Waals surface area contributed by atoms with Crippen molar-refractivity contribution in [3.8, 4) is 0 Å². The average Bonchev–Trinajstić information content (AvgIpc) is 3.09. The molecule has 1 unspecified atom stereocenters. The van der Waals surface area contributed by atoms with E-state index in [1.54, 1.807) is 40.1 Å². The van der Waals surface area contributed by atoms with Gasteiger partial charge in [-0.05, 0) is 31.2 Å². The quantitative estimate of drug-likeness (QED) is 0.760. The zero-order valence-corrected chi connectivity index (χ0v) is 14.2. The number of thiophene rings is 1. The fraction of sp³-hybridized carbons (Fsp3) is 0.438. The normalized spacial score (nSPS) is 15.4. The number of carbonyl (C=O) groups is 2. The predicted molar refractivity (Wildman–Crippen MR) is 91.1 cm³/mol. The van der Waals surface area contributed by atoms with Crippen LogP contribution in [0.4, 0.5) is 5.82 Å². The number of carboxylic acid groups (broad SMARTS) is 1. The summed E-state index contributed by atoms with van der Waals surface area (Å²) in [6, 6.07) is 5.26. The Morgan fingerprint density at radius 3 is 2.92 bits per heavy atom. The van der Waals surface area contributed by atoms with Gasteiger partial charge < -0.3 is 10.4 Å². The molecule has 24 heavy (non-hydrogen) atoms. The van der Waals surface area contributed by atoms with E-state index in [4.69, 9.17) is 0 Å². The smallest absolute Gasteiger partial charge is 0.320 e. The van der Waals surface area contributed by atoms with E-state index in [-0.39, 0.29) is 18.5 Å². The lowest BCUT2D eigenvalue weighted by atomic mass is 10.2. The third kappa shape index (κ3) is 4.01. The number of aromatic nitrogens is 2. The van der Waals surface area contributed by atoms with Gasteiger partial charge in [0, 0.05) is 17.0 Å². The largest absolute Gasteiger partial charge is 0.480 e. The van der Waals surface area contributed by atoms with Crippen molar-refractivity contribution in [2.45, 2.75) is 38.4 Å². The Morgan fingerprint density at radius 1 is 1.50 bits per heavy atom. The fourth-order valence-corrected chi connectivity index (χ4v) is 3.28. The Kier molecular flexibility index (Phi) is 4.96. The van der Waals surface area contributed by atoms with Crippen LogP contribution in [0.1, 0.15) is 24.6 Å². The minimum Gasteiger partial charge on any atom is -0.480 e. The Balaban J connectivity index is 1.62. The highest BCUT2D eigenvalue weighted by Gasteiger charge is 2.36. The summed E-state index contributed by atoms with van der Waals surface area (Å²) in [6.45, 7) is 2.29. The molecule has 0 aliphatic heterocycles. The minimum atomic E-state index is -0.905. The first-order valence-corrected chi connectivity index (χ1v) is 8.75. The summed E-state index contributed by atoms with van der Waals surface area (Å²) in [7, 11) is 0. The van der Waals surface area contributed by atoms with Crippen LogP contribution >= 0.6 is 11.3 Å². The molecule has 0 saturated heterocycles. The van der Waals surface area contributed by atoms with Crippen LogP contribution in [-0.4, -0.2) is 50.3 Å². The Labute approximate surface area is 143 Å². The van der Waals surface area contributed by atoms with E-state index in [1.807, 2.05) is 17.5 Å². The van der Waals surface area contributed by atoms with Crippen LogP contribution in [0.15, 0.2) is 29.8 Å². The number of nitrogens with zero attached hydrogens (tertiary/aromatic N) is 3. The van der Waals surface area contributed by atoms with E-state index < -0.39 is 12.0 Å². The van der Waals surface area contributed by atoms with Gasteiger partial charge in [0.1, 0.15) is 11.9 Å². The summed E-state index contributed by atoms with van der Waals surface area (Å²) in [5.74, 6) is -0.507. The van der Waals surface area contributed by atoms with E-state index in [9.17, 15) is 14.7 Å². The number of hydrogen-bond acceptors (Lipinski definition) is 5. The zero-order valence-electron chi connectivity index (χ0n) is 13.4. The molecule has 0 spiro atoms. The maximum absolute atomic E-state index is 12.4. The number of aliphatic carboxylic acids is 1. The highest BCUT2D eigenvalue weighted by atomic mass is 32.1. The van der Waals surface area contributed by atoms with Crippen LogP contribution in [0, 0.1) is 0 Å². The number of hydrogen-bond donors (Lipinski definition) is 2. The Hall–Kier alpha value is -2.19. The van der Waals surface area contributed by atoms with Crippen molar-refractivity contribution in [3.05, 3.63) is 34.7 Å².